The summed E-state index contributed by atoms with van der Waals surface area (Å²) in [6.45, 7) is 8.62. The van der Waals surface area contributed by atoms with Crippen molar-refractivity contribution in [3.8, 4) is 0 Å². The van der Waals surface area contributed by atoms with Crippen LogP contribution < -0.4 is 0 Å². The first kappa shape index (κ1) is 22.6. The maximum Gasteiger partial charge on any atom is 0.322 e. The van der Waals surface area contributed by atoms with E-state index in [9.17, 15) is 9.59 Å². The van der Waals surface area contributed by atoms with Gasteiger partial charge in [-0.1, -0.05) is 72.8 Å². The monoisotopic (exact) mass is 394 g/mol. The third-order valence-corrected chi connectivity index (χ3v) is 4.66. The van der Waals surface area contributed by atoms with E-state index >= 15 is 0 Å². The lowest BCUT2D eigenvalue weighted by molar-refractivity contribution is -0.176. The van der Waals surface area contributed by atoms with Crippen molar-refractivity contribution in [3.05, 3.63) is 77.9 Å². The molecular weight excluding hydrogens is 364 g/mol. The van der Waals surface area contributed by atoms with E-state index in [4.69, 9.17) is 9.47 Å². The Morgan fingerprint density at radius 3 is 2.00 bits per heavy atom. The molecule has 0 aliphatic heterocycles. The Labute approximate surface area is 173 Å². The molecule has 4 heteroatoms. The summed E-state index contributed by atoms with van der Waals surface area (Å²) in [6.07, 6.45) is 2.85. The number of Topliss-reactive ketones (excluding diaryl/α,β-unsaturated/α-hetero) is 1. The van der Waals surface area contributed by atoms with Gasteiger partial charge in [0.25, 0.3) is 0 Å². The highest BCUT2D eigenvalue weighted by atomic mass is 16.6. The van der Waals surface area contributed by atoms with E-state index in [0.29, 0.717) is 0 Å². The van der Waals surface area contributed by atoms with Gasteiger partial charge in [0.05, 0.1) is 12.7 Å². The molecule has 0 unspecified atom stereocenters. The van der Waals surface area contributed by atoms with E-state index < -0.39 is 23.1 Å². The molecule has 4 nitrogen and oxygen atoms in total. The predicted octanol–water partition coefficient (Wildman–Crippen LogP) is 5.22. The molecule has 0 saturated carbocycles. The predicted molar refractivity (Wildman–Crippen MR) is 115 cm³/mol. The zero-order chi connectivity index (χ0) is 21.5. The fourth-order valence-corrected chi connectivity index (χ4v) is 2.78. The van der Waals surface area contributed by atoms with Crippen LogP contribution in [0, 0.1) is 5.41 Å². The fourth-order valence-electron chi connectivity index (χ4n) is 2.78. The Hall–Kier alpha value is -2.72. The van der Waals surface area contributed by atoms with Gasteiger partial charge in [0.2, 0.25) is 0 Å². The summed E-state index contributed by atoms with van der Waals surface area (Å²) in [5.41, 5.74) is -0.259. The quantitative estimate of drug-likeness (QED) is 0.455. The minimum atomic E-state index is -1.46. The van der Waals surface area contributed by atoms with Crippen molar-refractivity contribution in [2.45, 2.75) is 52.9 Å². The molecule has 0 fully saturated rings. The molecule has 2 rings (SSSR count). The molecule has 2 aromatic rings. The first-order valence-electron chi connectivity index (χ1n) is 9.76. The molecule has 0 aliphatic rings. The lowest BCUT2D eigenvalue weighted by Crippen LogP contribution is -2.49. The van der Waals surface area contributed by atoms with Crippen LogP contribution in [0.1, 0.15) is 45.7 Å². The van der Waals surface area contributed by atoms with Gasteiger partial charge in [-0.15, -0.1) is 0 Å². The Balaban J connectivity index is 2.36. The second-order valence-corrected chi connectivity index (χ2v) is 8.25. The lowest BCUT2D eigenvalue weighted by atomic mass is 9.79. The highest BCUT2D eigenvalue weighted by molar-refractivity contribution is 6.03. The Kier molecular flexibility index (Phi) is 7.52. The number of benzene rings is 2. The van der Waals surface area contributed by atoms with E-state index in [1.54, 1.807) is 33.8 Å². The average Bonchev–Trinajstić information content (AvgIpc) is 2.67. The van der Waals surface area contributed by atoms with E-state index in [1.165, 1.54) is 6.92 Å². The van der Waals surface area contributed by atoms with Gasteiger partial charge in [-0.05, 0) is 45.7 Å². The molecule has 2 atom stereocenters. The van der Waals surface area contributed by atoms with Crippen LogP contribution in [-0.2, 0) is 25.7 Å². The van der Waals surface area contributed by atoms with Gasteiger partial charge >= 0.3 is 5.97 Å². The number of carbonyl (C=O) groups excluding carboxylic acids is 2. The van der Waals surface area contributed by atoms with E-state index in [1.807, 2.05) is 66.7 Å². The Morgan fingerprint density at radius 1 is 0.931 bits per heavy atom. The van der Waals surface area contributed by atoms with Gasteiger partial charge < -0.3 is 9.47 Å². The van der Waals surface area contributed by atoms with Crippen molar-refractivity contribution in [1.82, 2.24) is 0 Å². The minimum Gasteiger partial charge on any atom is -0.459 e. The van der Waals surface area contributed by atoms with Crippen molar-refractivity contribution < 1.29 is 19.1 Å². The van der Waals surface area contributed by atoms with Gasteiger partial charge in [-0.25, -0.2) is 0 Å². The molecule has 0 radical (unpaired) electrons. The zero-order valence-electron chi connectivity index (χ0n) is 17.8. The van der Waals surface area contributed by atoms with Crippen LogP contribution in [0.3, 0.4) is 0 Å². The molecule has 0 saturated heterocycles. The molecule has 0 bridgehead atoms. The van der Waals surface area contributed by atoms with Crippen LogP contribution in [-0.4, -0.2) is 23.5 Å². The molecule has 0 amide bonds. The van der Waals surface area contributed by atoms with Gasteiger partial charge in [0.1, 0.15) is 11.4 Å². The third-order valence-electron chi connectivity index (χ3n) is 4.66. The molecule has 29 heavy (non-hydrogen) atoms. The maximum atomic E-state index is 13.0. The second kappa shape index (κ2) is 9.66. The summed E-state index contributed by atoms with van der Waals surface area (Å²) < 4.78 is 11.7. The molecule has 0 spiro atoms. The molecule has 0 heterocycles. The van der Waals surface area contributed by atoms with Gasteiger partial charge in [0.15, 0.2) is 5.41 Å². The zero-order valence-corrected chi connectivity index (χ0v) is 17.8. The molecular formula is C25H30O4. The molecule has 0 N–H and O–H groups in total. The number of hydrogen-bond donors (Lipinski definition) is 0. The first-order valence-corrected chi connectivity index (χ1v) is 9.76. The number of esters is 1. The second-order valence-electron chi connectivity index (χ2n) is 8.25. The molecule has 0 aliphatic carbocycles. The van der Waals surface area contributed by atoms with Crippen LogP contribution in [0.5, 0.6) is 0 Å². The van der Waals surface area contributed by atoms with Crippen LogP contribution >= 0.6 is 0 Å². The van der Waals surface area contributed by atoms with Crippen molar-refractivity contribution in [1.29, 1.82) is 0 Å². The Bertz CT molecular complexity index is 834. The van der Waals surface area contributed by atoms with E-state index in [-0.39, 0.29) is 12.4 Å². The number of rotatable bonds is 8. The van der Waals surface area contributed by atoms with Crippen molar-refractivity contribution in [2.75, 3.05) is 0 Å². The minimum absolute atomic E-state index is 0.274. The van der Waals surface area contributed by atoms with E-state index in [2.05, 4.69) is 0 Å². The van der Waals surface area contributed by atoms with Crippen molar-refractivity contribution in [2.24, 2.45) is 5.41 Å². The topological polar surface area (TPSA) is 52.6 Å². The highest BCUT2D eigenvalue weighted by Crippen LogP contribution is 2.32. The summed E-state index contributed by atoms with van der Waals surface area (Å²) in [7, 11) is 0. The average molecular weight is 395 g/mol. The van der Waals surface area contributed by atoms with Crippen LogP contribution in [0.25, 0.3) is 6.08 Å². The van der Waals surface area contributed by atoms with Crippen LogP contribution in [0.15, 0.2) is 66.7 Å². The largest absolute Gasteiger partial charge is 0.459 e. The standard InChI is InChI=1S/C25H30O4/c1-19(26)25(5,23(27)29-24(2,3)4)22(17-16-20-12-8-6-9-13-20)28-18-21-14-10-7-11-15-21/h6-17,22H,18H2,1-5H3/b17-16+/t22-,25-/m0/s1. The first-order chi connectivity index (χ1) is 13.6. The molecule has 154 valence electrons. The number of hydrogen-bond acceptors (Lipinski definition) is 4. The Morgan fingerprint density at radius 2 is 1.48 bits per heavy atom. The van der Waals surface area contributed by atoms with Crippen LogP contribution in [0.4, 0.5) is 0 Å². The number of ether oxygens (including phenoxy) is 2. The molecule has 2 aromatic carbocycles. The van der Waals surface area contributed by atoms with Gasteiger partial charge in [-0.3, -0.25) is 9.59 Å². The fraction of sp³-hybridized carbons (Fsp3) is 0.360. The molecule has 0 aromatic heterocycles. The smallest absolute Gasteiger partial charge is 0.322 e. The van der Waals surface area contributed by atoms with Crippen molar-refractivity contribution in [3.63, 3.8) is 0 Å². The maximum absolute atomic E-state index is 13.0. The summed E-state index contributed by atoms with van der Waals surface area (Å²) in [5.74, 6) is -0.893. The summed E-state index contributed by atoms with van der Waals surface area (Å²) in [5, 5.41) is 0. The van der Waals surface area contributed by atoms with E-state index in [0.717, 1.165) is 11.1 Å². The van der Waals surface area contributed by atoms with Crippen molar-refractivity contribution >= 4 is 17.8 Å². The van der Waals surface area contributed by atoms with Gasteiger partial charge in [0, 0.05) is 0 Å². The highest BCUT2D eigenvalue weighted by Gasteiger charge is 2.48. The summed E-state index contributed by atoms with van der Waals surface area (Å²) >= 11 is 0. The summed E-state index contributed by atoms with van der Waals surface area (Å²) in [6, 6.07) is 19.3. The number of ketones is 1. The lowest BCUT2D eigenvalue weighted by Gasteiger charge is -2.34. The normalized spacial score (nSPS) is 14.9. The third kappa shape index (κ3) is 6.40. The SMILES string of the molecule is CC(=O)[C@](C)(C(=O)OC(C)(C)C)[C@H](/C=C/c1ccccc1)OCc1ccccc1. The number of carbonyl (C=O) groups is 2. The van der Waals surface area contributed by atoms with Crippen LogP contribution in [0.2, 0.25) is 0 Å². The van der Waals surface area contributed by atoms with Gasteiger partial charge in [-0.2, -0.15) is 0 Å². The summed E-state index contributed by atoms with van der Waals surface area (Å²) in [4.78, 5) is 25.7.